The first kappa shape index (κ1) is 10.0. The Morgan fingerprint density at radius 2 is 2.31 bits per heavy atom. The van der Waals surface area contributed by atoms with E-state index >= 15 is 0 Å². The van der Waals surface area contributed by atoms with Crippen LogP contribution in [0.15, 0.2) is 23.1 Å². The van der Waals surface area contributed by atoms with E-state index in [-0.39, 0.29) is 17.1 Å². The Morgan fingerprint density at radius 1 is 1.62 bits per heavy atom. The second-order valence-corrected chi connectivity index (χ2v) is 3.63. The van der Waals surface area contributed by atoms with E-state index in [0.717, 1.165) is 11.6 Å². The zero-order chi connectivity index (χ0) is 9.84. The maximum Gasteiger partial charge on any atom is 0.129 e. The quantitative estimate of drug-likeness (QED) is 0.566. The number of aliphatic hydroxyl groups is 1. The van der Waals surface area contributed by atoms with E-state index < -0.39 is 16.6 Å². The Hall–Kier alpha value is -1.07. The average Bonchev–Trinajstić information content (AvgIpc) is 2.16. The SMILES string of the molecule is N=CS(=O)c1ccc(CO)c(F)c1. The van der Waals surface area contributed by atoms with Crippen molar-refractivity contribution in [2.24, 2.45) is 0 Å². The van der Waals surface area contributed by atoms with Crippen molar-refractivity contribution in [2.75, 3.05) is 0 Å². The minimum atomic E-state index is -1.59. The molecular weight excluding hydrogens is 193 g/mol. The van der Waals surface area contributed by atoms with Crippen LogP contribution in [-0.2, 0) is 17.4 Å². The molecule has 0 radical (unpaired) electrons. The number of rotatable bonds is 3. The van der Waals surface area contributed by atoms with E-state index in [2.05, 4.69) is 0 Å². The molecule has 0 aromatic heterocycles. The molecule has 5 heteroatoms. The van der Waals surface area contributed by atoms with Gasteiger partial charge in [-0.15, -0.1) is 0 Å². The first-order valence-corrected chi connectivity index (χ1v) is 4.70. The number of benzene rings is 1. The van der Waals surface area contributed by atoms with Crippen molar-refractivity contribution < 1.29 is 13.7 Å². The lowest BCUT2D eigenvalue weighted by molar-refractivity contribution is 0.275. The molecule has 3 nitrogen and oxygen atoms in total. The van der Waals surface area contributed by atoms with E-state index in [1.807, 2.05) is 0 Å². The van der Waals surface area contributed by atoms with Crippen LogP contribution in [0.2, 0.25) is 0 Å². The molecule has 0 aliphatic rings. The summed E-state index contributed by atoms with van der Waals surface area (Å²) in [5, 5.41) is 15.4. The highest BCUT2D eigenvalue weighted by atomic mass is 32.2. The van der Waals surface area contributed by atoms with Crippen LogP contribution in [0.1, 0.15) is 5.56 Å². The molecule has 1 aromatic carbocycles. The fraction of sp³-hybridized carbons (Fsp3) is 0.125. The lowest BCUT2D eigenvalue weighted by atomic mass is 10.2. The van der Waals surface area contributed by atoms with Gasteiger partial charge in [0.2, 0.25) is 0 Å². The third-order valence-electron chi connectivity index (χ3n) is 1.53. The summed E-state index contributed by atoms with van der Waals surface area (Å²) in [4.78, 5) is 0.227. The summed E-state index contributed by atoms with van der Waals surface area (Å²) >= 11 is 0. The zero-order valence-electron chi connectivity index (χ0n) is 6.66. The number of halogens is 1. The third-order valence-corrected chi connectivity index (χ3v) is 2.47. The highest BCUT2D eigenvalue weighted by Crippen LogP contribution is 2.12. The maximum atomic E-state index is 13.0. The number of nitrogens with one attached hydrogen (secondary N) is 1. The molecule has 0 aliphatic heterocycles. The molecule has 0 saturated heterocycles. The third kappa shape index (κ3) is 2.19. The molecule has 0 saturated carbocycles. The van der Waals surface area contributed by atoms with E-state index in [1.165, 1.54) is 12.1 Å². The predicted molar refractivity (Wildman–Crippen MR) is 47.5 cm³/mol. The average molecular weight is 201 g/mol. The van der Waals surface area contributed by atoms with Gasteiger partial charge in [0.15, 0.2) is 0 Å². The number of hydrogen-bond donors (Lipinski definition) is 2. The molecule has 0 bridgehead atoms. The van der Waals surface area contributed by atoms with Gasteiger partial charge in [0.05, 0.1) is 23.0 Å². The molecule has 1 aromatic rings. The van der Waals surface area contributed by atoms with Crippen LogP contribution in [0, 0.1) is 11.2 Å². The summed E-state index contributed by atoms with van der Waals surface area (Å²) in [6.45, 7) is -0.386. The van der Waals surface area contributed by atoms with Gasteiger partial charge in [-0.2, -0.15) is 0 Å². The van der Waals surface area contributed by atoms with Gasteiger partial charge >= 0.3 is 0 Å². The van der Waals surface area contributed by atoms with Crippen LogP contribution >= 0.6 is 0 Å². The highest BCUT2D eigenvalue weighted by molar-refractivity contribution is 7.98. The standard InChI is InChI=1S/C8H8FNO2S/c9-8-3-7(13(12)5-10)2-1-6(8)4-11/h1-3,5,10-11H,4H2. The van der Waals surface area contributed by atoms with Crippen LogP contribution in [0.4, 0.5) is 4.39 Å². The van der Waals surface area contributed by atoms with Gasteiger partial charge < -0.3 is 5.11 Å². The van der Waals surface area contributed by atoms with Crippen LogP contribution in [-0.4, -0.2) is 14.9 Å². The van der Waals surface area contributed by atoms with Crippen molar-refractivity contribution in [3.8, 4) is 0 Å². The lowest BCUT2D eigenvalue weighted by Crippen LogP contribution is -1.95. The summed E-state index contributed by atoms with van der Waals surface area (Å²) < 4.78 is 24.0. The van der Waals surface area contributed by atoms with Crippen LogP contribution in [0.5, 0.6) is 0 Å². The first-order chi connectivity index (χ1) is 6.19. The summed E-state index contributed by atoms with van der Waals surface area (Å²) in [6, 6.07) is 3.84. The maximum absolute atomic E-state index is 13.0. The predicted octanol–water partition coefficient (Wildman–Crippen LogP) is 1.03. The molecule has 2 N–H and O–H groups in total. The minimum absolute atomic E-state index is 0.158. The van der Waals surface area contributed by atoms with Crippen molar-refractivity contribution in [3.63, 3.8) is 0 Å². The molecule has 0 fully saturated rings. The van der Waals surface area contributed by atoms with Gasteiger partial charge in [-0.1, -0.05) is 6.07 Å². The van der Waals surface area contributed by atoms with E-state index in [9.17, 15) is 8.60 Å². The van der Waals surface area contributed by atoms with E-state index in [0.29, 0.717) is 0 Å². The van der Waals surface area contributed by atoms with Gasteiger partial charge in [0, 0.05) is 10.5 Å². The van der Waals surface area contributed by atoms with Gasteiger partial charge in [-0.3, -0.25) is 5.41 Å². The van der Waals surface area contributed by atoms with Crippen molar-refractivity contribution in [3.05, 3.63) is 29.6 Å². The highest BCUT2D eigenvalue weighted by Gasteiger charge is 2.05. The minimum Gasteiger partial charge on any atom is -0.392 e. The number of aliphatic hydroxyl groups excluding tert-OH is 1. The molecular formula is C8H8FNO2S. The van der Waals surface area contributed by atoms with Gasteiger partial charge in [-0.05, 0) is 12.1 Å². The summed E-state index contributed by atoms with van der Waals surface area (Å²) in [6.07, 6.45) is 0. The van der Waals surface area contributed by atoms with Crippen molar-refractivity contribution >= 4 is 16.3 Å². The molecule has 0 aliphatic carbocycles. The largest absolute Gasteiger partial charge is 0.392 e. The lowest BCUT2D eigenvalue weighted by Gasteiger charge is -2.00. The van der Waals surface area contributed by atoms with E-state index in [4.69, 9.17) is 10.5 Å². The van der Waals surface area contributed by atoms with Crippen LogP contribution in [0.3, 0.4) is 0 Å². The second-order valence-electron chi connectivity index (χ2n) is 2.33. The fourth-order valence-electron chi connectivity index (χ4n) is 0.849. The van der Waals surface area contributed by atoms with Gasteiger partial charge in [-0.25, -0.2) is 8.60 Å². The molecule has 1 unspecified atom stereocenters. The van der Waals surface area contributed by atoms with Crippen molar-refractivity contribution in [1.82, 2.24) is 0 Å². The molecule has 0 spiro atoms. The van der Waals surface area contributed by atoms with Crippen LogP contribution in [0.25, 0.3) is 0 Å². The monoisotopic (exact) mass is 201 g/mol. The Morgan fingerprint density at radius 3 is 2.77 bits per heavy atom. The molecule has 70 valence electrons. The summed E-state index contributed by atoms with van der Waals surface area (Å²) in [7, 11) is -1.59. The Bertz CT molecular complexity index is 354. The molecule has 13 heavy (non-hydrogen) atoms. The smallest absolute Gasteiger partial charge is 0.129 e. The molecule has 1 atom stereocenters. The second kappa shape index (κ2) is 4.25. The Kier molecular flexibility index (Phi) is 3.27. The van der Waals surface area contributed by atoms with Gasteiger partial charge in [0.25, 0.3) is 0 Å². The van der Waals surface area contributed by atoms with Crippen molar-refractivity contribution in [2.45, 2.75) is 11.5 Å². The number of hydrogen-bond acceptors (Lipinski definition) is 3. The molecule has 1 rings (SSSR count). The normalized spacial score (nSPS) is 12.5. The van der Waals surface area contributed by atoms with Crippen molar-refractivity contribution in [1.29, 1.82) is 5.41 Å². The summed E-state index contributed by atoms with van der Waals surface area (Å²) in [5.41, 5.74) is 0.888. The first-order valence-electron chi connectivity index (χ1n) is 3.49. The molecule has 0 amide bonds. The topological polar surface area (TPSA) is 61.2 Å². The Labute approximate surface area is 77.2 Å². The van der Waals surface area contributed by atoms with Crippen LogP contribution < -0.4 is 0 Å². The summed E-state index contributed by atoms with van der Waals surface area (Å²) in [5.74, 6) is -0.602. The fourth-order valence-corrected chi connectivity index (χ4v) is 1.41. The Balaban J connectivity index is 3.09. The zero-order valence-corrected chi connectivity index (χ0v) is 7.47. The molecule has 0 heterocycles. The van der Waals surface area contributed by atoms with E-state index in [1.54, 1.807) is 0 Å². The van der Waals surface area contributed by atoms with Gasteiger partial charge in [0.1, 0.15) is 5.82 Å².